The Balaban J connectivity index is 1.43. The minimum atomic E-state index is -0.403. The zero-order chi connectivity index (χ0) is 20.5. The van der Waals surface area contributed by atoms with E-state index >= 15 is 0 Å². The van der Waals surface area contributed by atoms with Crippen molar-refractivity contribution in [2.75, 3.05) is 6.61 Å². The first-order chi connectivity index (χ1) is 13.9. The highest BCUT2D eigenvalue weighted by Gasteiger charge is 2.32. The van der Waals surface area contributed by atoms with Crippen molar-refractivity contribution in [3.63, 3.8) is 0 Å². The molecule has 0 aromatic heterocycles. The van der Waals surface area contributed by atoms with Gasteiger partial charge in [-0.1, -0.05) is 43.3 Å². The second-order valence-corrected chi connectivity index (χ2v) is 7.55. The standard InChI is InChI=1S/C24H22FNO3/c1-14-11-20(27)24-21(10-9-19(25)23(14)24)29-13-22(28)26-15(2)17-8-7-16-5-3-4-6-18(16)12-17/h3-10,12,14-15H,11,13H2,1-2H3,(H,26,28). The van der Waals surface area contributed by atoms with Crippen LogP contribution in [0.15, 0.2) is 54.6 Å². The maximum absolute atomic E-state index is 14.1. The third-order valence-electron chi connectivity index (χ3n) is 5.43. The van der Waals surface area contributed by atoms with Gasteiger partial charge in [-0.3, -0.25) is 9.59 Å². The van der Waals surface area contributed by atoms with Gasteiger partial charge in [-0.05, 0) is 47.4 Å². The van der Waals surface area contributed by atoms with Gasteiger partial charge in [0, 0.05) is 12.0 Å². The second-order valence-electron chi connectivity index (χ2n) is 7.55. The third kappa shape index (κ3) is 3.73. The molecule has 0 spiro atoms. The summed E-state index contributed by atoms with van der Waals surface area (Å²) in [5.41, 5.74) is 1.65. The molecule has 1 N–H and O–H groups in total. The maximum Gasteiger partial charge on any atom is 0.258 e. The fraction of sp³-hybridized carbons (Fsp3) is 0.250. The Bertz CT molecular complexity index is 1110. The molecule has 148 valence electrons. The molecule has 0 fully saturated rings. The number of ketones is 1. The number of carbonyl (C=O) groups is 2. The number of benzene rings is 3. The average Bonchev–Trinajstić information content (AvgIpc) is 3.02. The van der Waals surface area contributed by atoms with E-state index in [1.165, 1.54) is 12.1 Å². The van der Waals surface area contributed by atoms with Crippen LogP contribution in [0.1, 0.15) is 53.7 Å². The number of Topliss-reactive ketones (excluding diaryl/α,β-unsaturated/α-hetero) is 1. The number of carbonyl (C=O) groups excluding carboxylic acids is 2. The maximum atomic E-state index is 14.1. The number of ether oxygens (including phenoxy) is 1. The van der Waals surface area contributed by atoms with Gasteiger partial charge in [-0.25, -0.2) is 4.39 Å². The zero-order valence-corrected chi connectivity index (χ0v) is 16.4. The van der Waals surface area contributed by atoms with E-state index in [1.54, 1.807) is 0 Å². The normalized spacial score (nSPS) is 16.5. The van der Waals surface area contributed by atoms with E-state index in [0.29, 0.717) is 5.56 Å². The first-order valence-corrected chi connectivity index (χ1v) is 9.70. The van der Waals surface area contributed by atoms with E-state index < -0.39 is 5.82 Å². The minimum Gasteiger partial charge on any atom is -0.483 e. The summed E-state index contributed by atoms with van der Waals surface area (Å²) in [6.45, 7) is 3.48. The molecule has 0 bridgehead atoms. The largest absolute Gasteiger partial charge is 0.483 e. The van der Waals surface area contributed by atoms with Gasteiger partial charge < -0.3 is 10.1 Å². The van der Waals surface area contributed by atoms with Crippen LogP contribution in [0.25, 0.3) is 10.8 Å². The fourth-order valence-electron chi connectivity index (χ4n) is 3.93. The quantitative estimate of drug-likeness (QED) is 0.671. The molecular weight excluding hydrogens is 369 g/mol. The van der Waals surface area contributed by atoms with Crippen molar-refractivity contribution in [1.29, 1.82) is 0 Å². The zero-order valence-electron chi connectivity index (χ0n) is 16.4. The highest BCUT2D eigenvalue weighted by molar-refractivity contribution is 6.03. The number of fused-ring (bicyclic) bond motifs is 2. The fourth-order valence-corrected chi connectivity index (χ4v) is 3.93. The Morgan fingerprint density at radius 1 is 1.17 bits per heavy atom. The predicted molar refractivity (Wildman–Crippen MR) is 110 cm³/mol. The molecule has 5 heteroatoms. The lowest BCUT2D eigenvalue weighted by atomic mass is 10.0. The molecule has 1 amide bonds. The Labute approximate surface area is 168 Å². The van der Waals surface area contributed by atoms with Crippen molar-refractivity contribution in [3.8, 4) is 5.75 Å². The van der Waals surface area contributed by atoms with Crippen LogP contribution in [0, 0.1) is 5.82 Å². The van der Waals surface area contributed by atoms with Crippen LogP contribution in [0.2, 0.25) is 0 Å². The molecule has 2 atom stereocenters. The molecule has 0 radical (unpaired) electrons. The van der Waals surface area contributed by atoms with Gasteiger partial charge in [0.15, 0.2) is 12.4 Å². The number of rotatable bonds is 5. The number of hydrogen-bond acceptors (Lipinski definition) is 3. The van der Waals surface area contributed by atoms with Gasteiger partial charge in [0.25, 0.3) is 5.91 Å². The van der Waals surface area contributed by atoms with E-state index in [0.717, 1.165) is 16.3 Å². The molecule has 0 saturated carbocycles. The molecule has 29 heavy (non-hydrogen) atoms. The molecule has 1 aliphatic carbocycles. The smallest absolute Gasteiger partial charge is 0.258 e. The number of nitrogens with one attached hydrogen (secondary N) is 1. The van der Waals surface area contributed by atoms with Crippen molar-refractivity contribution < 1.29 is 18.7 Å². The number of halogens is 1. The van der Waals surface area contributed by atoms with E-state index in [-0.39, 0.29) is 48.0 Å². The summed E-state index contributed by atoms with van der Waals surface area (Å²) >= 11 is 0. The topological polar surface area (TPSA) is 55.4 Å². The van der Waals surface area contributed by atoms with E-state index in [4.69, 9.17) is 4.74 Å². The molecule has 4 rings (SSSR count). The lowest BCUT2D eigenvalue weighted by Gasteiger charge is -2.16. The van der Waals surface area contributed by atoms with Crippen LogP contribution in [0.3, 0.4) is 0 Å². The van der Waals surface area contributed by atoms with Crippen molar-refractivity contribution in [2.24, 2.45) is 0 Å². The van der Waals surface area contributed by atoms with Crippen molar-refractivity contribution in [2.45, 2.75) is 32.2 Å². The Morgan fingerprint density at radius 2 is 1.93 bits per heavy atom. The van der Waals surface area contributed by atoms with Crippen LogP contribution >= 0.6 is 0 Å². The van der Waals surface area contributed by atoms with E-state index in [9.17, 15) is 14.0 Å². The minimum absolute atomic E-state index is 0.146. The summed E-state index contributed by atoms with van der Waals surface area (Å²) in [5.74, 6) is -0.763. The Kier molecular flexibility index (Phi) is 5.05. The third-order valence-corrected chi connectivity index (χ3v) is 5.43. The predicted octanol–water partition coefficient (Wildman–Crippen LogP) is 4.93. The van der Waals surface area contributed by atoms with Crippen LogP contribution in [0.5, 0.6) is 5.75 Å². The molecule has 3 aromatic rings. The van der Waals surface area contributed by atoms with Gasteiger partial charge in [-0.2, -0.15) is 0 Å². The van der Waals surface area contributed by atoms with Crippen LogP contribution in [-0.2, 0) is 4.79 Å². The van der Waals surface area contributed by atoms with Crippen LogP contribution in [0.4, 0.5) is 4.39 Å². The SMILES string of the molecule is CC1CC(=O)c2c(OCC(=O)NC(C)c3ccc4ccccc4c3)ccc(F)c21. The van der Waals surface area contributed by atoms with Crippen LogP contribution < -0.4 is 10.1 Å². The molecule has 0 saturated heterocycles. The summed E-state index contributed by atoms with van der Waals surface area (Å²) in [5, 5.41) is 5.16. The van der Waals surface area contributed by atoms with Crippen molar-refractivity contribution in [1.82, 2.24) is 5.32 Å². The molecule has 0 heterocycles. The summed E-state index contributed by atoms with van der Waals surface area (Å²) in [6, 6.07) is 16.6. The van der Waals surface area contributed by atoms with Gasteiger partial charge in [0.2, 0.25) is 0 Å². The van der Waals surface area contributed by atoms with Gasteiger partial charge >= 0.3 is 0 Å². The second kappa shape index (κ2) is 7.66. The molecule has 1 aliphatic rings. The van der Waals surface area contributed by atoms with Gasteiger partial charge in [0.1, 0.15) is 11.6 Å². The van der Waals surface area contributed by atoms with Crippen molar-refractivity contribution >= 4 is 22.5 Å². The molecule has 3 aromatic carbocycles. The van der Waals surface area contributed by atoms with Gasteiger partial charge in [0.05, 0.1) is 11.6 Å². The first kappa shape index (κ1) is 19.1. The molecular formula is C24H22FNO3. The van der Waals surface area contributed by atoms with Crippen LogP contribution in [-0.4, -0.2) is 18.3 Å². The first-order valence-electron chi connectivity index (χ1n) is 9.70. The van der Waals surface area contributed by atoms with Crippen molar-refractivity contribution in [3.05, 3.63) is 77.1 Å². The summed E-state index contributed by atoms with van der Waals surface area (Å²) in [7, 11) is 0. The monoisotopic (exact) mass is 391 g/mol. The average molecular weight is 391 g/mol. The molecule has 0 aliphatic heterocycles. The van der Waals surface area contributed by atoms with Gasteiger partial charge in [-0.15, -0.1) is 0 Å². The number of hydrogen-bond donors (Lipinski definition) is 1. The number of amides is 1. The Hall–Kier alpha value is -3.21. The summed E-state index contributed by atoms with van der Waals surface area (Å²) < 4.78 is 19.7. The molecule has 4 nitrogen and oxygen atoms in total. The van der Waals surface area contributed by atoms with E-state index in [1.807, 2.05) is 56.3 Å². The lowest BCUT2D eigenvalue weighted by molar-refractivity contribution is -0.123. The highest BCUT2D eigenvalue weighted by Crippen LogP contribution is 2.39. The highest BCUT2D eigenvalue weighted by atomic mass is 19.1. The van der Waals surface area contributed by atoms with E-state index in [2.05, 4.69) is 5.32 Å². The lowest BCUT2D eigenvalue weighted by Crippen LogP contribution is -2.31. The summed E-state index contributed by atoms with van der Waals surface area (Å²) in [6.07, 6.45) is 0.262. The summed E-state index contributed by atoms with van der Waals surface area (Å²) in [4.78, 5) is 24.6. The Morgan fingerprint density at radius 3 is 2.72 bits per heavy atom. The molecule has 2 unspecified atom stereocenters.